The van der Waals surface area contributed by atoms with E-state index < -0.39 is 11.2 Å². The fourth-order valence-corrected chi connectivity index (χ4v) is 3.06. The summed E-state index contributed by atoms with van der Waals surface area (Å²) in [7, 11) is 3.30. The molecule has 3 aromatic heterocycles. The molecular formula is C20H19N7O2. The van der Waals surface area contributed by atoms with Crippen LogP contribution in [0.15, 0.2) is 69.4 Å². The van der Waals surface area contributed by atoms with Crippen LogP contribution in [0.3, 0.4) is 0 Å². The third-order valence-corrected chi connectivity index (χ3v) is 4.59. The molecule has 0 unspecified atom stereocenters. The van der Waals surface area contributed by atoms with Crippen molar-refractivity contribution in [2.24, 2.45) is 19.2 Å². The number of benzene rings is 1. The first-order valence-electron chi connectivity index (χ1n) is 8.96. The largest absolute Gasteiger partial charge is 0.332 e. The molecule has 0 amide bonds. The molecule has 0 aliphatic heterocycles. The maximum absolute atomic E-state index is 13.0. The number of rotatable bonds is 5. The highest BCUT2D eigenvalue weighted by Gasteiger charge is 2.18. The van der Waals surface area contributed by atoms with Crippen LogP contribution in [0.1, 0.15) is 11.3 Å². The number of aromatic nitrogens is 5. The minimum Gasteiger partial charge on any atom is -0.306 e. The van der Waals surface area contributed by atoms with Crippen molar-refractivity contribution in [1.82, 2.24) is 23.7 Å². The Morgan fingerprint density at radius 3 is 2.52 bits per heavy atom. The summed E-state index contributed by atoms with van der Waals surface area (Å²) in [5.74, 6) is 0.344. The SMILES string of the molecule is Cn1c(N/N=C\c2ccccn2)nc2c1c(=O)n(Cc1ccccc1)c(=O)n2C. The zero-order valence-electron chi connectivity index (χ0n) is 16.0. The highest BCUT2D eigenvalue weighted by atomic mass is 16.2. The van der Waals surface area contributed by atoms with Crippen LogP contribution in [0.2, 0.25) is 0 Å². The van der Waals surface area contributed by atoms with E-state index in [2.05, 4.69) is 20.5 Å². The van der Waals surface area contributed by atoms with Crippen molar-refractivity contribution in [3.8, 4) is 0 Å². The highest BCUT2D eigenvalue weighted by Crippen LogP contribution is 2.13. The van der Waals surface area contributed by atoms with Crippen molar-refractivity contribution >= 4 is 23.3 Å². The van der Waals surface area contributed by atoms with Crippen LogP contribution in [-0.2, 0) is 20.6 Å². The standard InChI is InChI=1S/C20H19N7O2/c1-25-16-17(23-19(25)24-22-12-15-10-6-7-11-21-15)26(2)20(29)27(18(16)28)13-14-8-4-3-5-9-14/h3-12H,13H2,1-2H3,(H,23,24)/b22-12-. The van der Waals surface area contributed by atoms with Crippen LogP contribution in [0.25, 0.3) is 11.2 Å². The van der Waals surface area contributed by atoms with Crippen LogP contribution in [0, 0.1) is 0 Å². The molecule has 9 nitrogen and oxygen atoms in total. The van der Waals surface area contributed by atoms with Crippen molar-refractivity contribution < 1.29 is 0 Å². The van der Waals surface area contributed by atoms with E-state index in [0.29, 0.717) is 22.8 Å². The highest BCUT2D eigenvalue weighted by molar-refractivity contribution is 5.78. The van der Waals surface area contributed by atoms with Crippen LogP contribution in [0.4, 0.5) is 5.95 Å². The third-order valence-electron chi connectivity index (χ3n) is 4.59. The smallest absolute Gasteiger partial charge is 0.306 e. The molecule has 4 aromatic rings. The molecule has 0 fully saturated rings. The van der Waals surface area contributed by atoms with Gasteiger partial charge in [0.2, 0.25) is 5.95 Å². The molecule has 0 spiro atoms. The Bertz CT molecular complexity index is 1300. The summed E-state index contributed by atoms with van der Waals surface area (Å²) < 4.78 is 4.17. The van der Waals surface area contributed by atoms with Crippen LogP contribution in [0.5, 0.6) is 0 Å². The average Bonchev–Trinajstić information content (AvgIpc) is 3.08. The van der Waals surface area contributed by atoms with Gasteiger partial charge in [0.15, 0.2) is 11.2 Å². The summed E-state index contributed by atoms with van der Waals surface area (Å²) >= 11 is 0. The van der Waals surface area contributed by atoms with Crippen LogP contribution < -0.4 is 16.7 Å². The van der Waals surface area contributed by atoms with E-state index in [1.54, 1.807) is 31.1 Å². The van der Waals surface area contributed by atoms with Gasteiger partial charge in [-0.1, -0.05) is 36.4 Å². The second-order valence-electron chi connectivity index (χ2n) is 6.51. The lowest BCUT2D eigenvalue weighted by Gasteiger charge is -2.08. The second kappa shape index (κ2) is 7.55. The lowest BCUT2D eigenvalue weighted by atomic mass is 10.2. The van der Waals surface area contributed by atoms with Gasteiger partial charge in [0.25, 0.3) is 5.56 Å². The van der Waals surface area contributed by atoms with Crippen molar-refractivity contribution in [3.05, 3.63) is 86.8 Å². The summed E-state index contributed by atoms with van der Waals surface area (Å²) in [4.78, 5) is 34.3. The first-order valence-corrected chi connectivity index (χ1v) is 8.96. The quantitative estimate of drug-likeness (QED) is 0.410. The molecule has 0 atom stereocenters. The molecule has 9 heteroatoms. The summed E-state index contributed by atoms with van der Waals surface area (Å²) in [5.41, 5.74) is 4.15. The Morgan fingerprint density at radius 1 is 1.03 bits per heavy atom. The number of aryl methyl sites for hydroxylation is 2. The molecule has 0 saturated carbocycles. The van der Waals surface area contributed by atoms with Crippen molar-refractivity contribution in [1.29, 1.82) is 0 Å². The van der Waals surface area contributed by atoms with E-state index in [0.717, 1.165) is 5.56 Å². The molecule has 0 aliphatic rings. The fourth-order valence-electron chi connectivity index (χ4n) is 3.06. The van der Waals surface area contributed by atoms with Crippen LogP contribution >= 0.6 is 0 Å². The topological polar surface area (TPSA) is 99.1 Å². The van der Waals surface area contributed by atoms with Gasteiger partial charge in [-0.25, -0.2) is 10.2 Å². The summed E-state index contributed by atoms with van der Waals surface area (Å²) in [6, 6.07) is 14.9. The van der Waals surface area contributed by atoms with Gasteiger partial charge >= 0.3 is 5.69 Å². The van der Waals surface area contributed by atoms with Gasteiger partial charge in [-0.15, -0.1) is 0 Å². The van der Waals surface area contributed by atoms with E-state index in [1.807, 2.05) is 48.5 Å². The monoisotopic (exact) mass is 389 g/mol. The molecule has 29 heavy (non-hydrogen) atoms. The maximum Gasteiger partial charge on any atom is 0.332 e. The first-order chi connectivity index (χ1) is 14.1. The predicted octanol–water partition coefficient (Wildman–Crippen LogP) is 1.32. The third kappa shape index (κ3) is 3.45. The number of hydrazone groups is 1. The van der Waals surface area contributed by atoms with Gasteiger partial charge in [0, 0.05) is 20.3 Å². The molecule has 4 rings (SSSR count). The number of nitrogens with one attached hydrogen (secondary N) is 1. The molecule has 0 bridgehead atoms. The molecular weight excluding hydrogens is 370 g/mol. The van der Waals surface area contributed by atoms with Gasteiger partial charge in [-0.3, -0.25) is 18.9 Å². The maximum atomic E-state index is 13.0. The number of hydrogen-bond acceptors (Lipinski definition) is 6. The molecule has 0 aliphatic carbocycles. The second-order valence-corrected chi connectivity index (χ2v) is 6.51. The van der Waals surface area contributed by atoms with Crippen LogP contribution in [-0.4, -0.2) is 29.9 Å². The summed E-state index contributed by atoms with van der Waals surface area (Å²) in [6.07, 6.45) is 3.22. The van der Waals surface area contributed by atoms with Gasteiger partial charge in [-0.05, 0) is 17.7 Å². The van der Waals surface area contributed by atoms with Crippen molar-refractivity contribution in [3.63, 3.8) is 0 Å². The van der Waals surface area contributed by atoms with E-state index in [1.165, 1.54) is 9.13 Å². The molecule has 146 valence electrons. The molecule has 0 radical (unpaired) electrons. The fraction of sp³-hybridized carbons (Fsp3) is 0.150. The minimum atomic E-state index is -0.423. The van der Waals surface area contributed by atoms with Gasteiger partial charge in [-0.2, -0.15) is 10.1 Å². The number of fused-ring (bicyclic) bond motifs is 1. The van der Waals surface area contributed by atoms with E-state index >= 15 is 0 Å². The molecule has 0 saturated heterocycles. The van der Waals surface area contributed by atoms with Crippen molar-refractivity contribution in [2.45, 2.75) is 6.54 Å². The Morgan fingerprint density at radius 2 is 1.79 bits per heavy atom. The number of anilines is 1. The zero-order valence-corrected chi connectivity index (χ0v) is 16.0. The predicted molar refractivity (Wildman–Crippen MR) is 111 cm³/mol. The first kappa shape index (κ1) is 18.4. The Balaban J connectivity index is 1.74. The lowest BCUT2D eigenvalue weighted by Crippen LogP contribution is -2.39. The molecule has 1 N–H and O–H groups in total. The van der Waals surface area contributed by atoms with E-state index in [-0.39, 0.29) is 6.54 Å². The Labute approximate surface area is 165 Å². The van der Waals surface area contributed by atoms with Gasteiger partial charge < -0.3 is 4.57 Å². The van der Waals surface area contributed by atoms with Gasteiger partial charge in [0.1, 0.15) is 0 Å². The van der Waals surface area contributed by atoms with Crippen molar-refractivity contribution in [2.75, 3.05) is 5.43 Å². The Kier molecular flexibility index (Phi) is 4.78. The van der Waals surface area contributed by atoms with E-state index in [4.69, 9.17) is 0 Å². The summed E-state index contributed by atoms with van der Waals surface area (Å²) in [5, 5.41) is 4.12. The minimum absolute atomic E-state index is 0.189. The molecule has 1 aromatic carbocycles. The Hall–Kier alpha value is -4.01. The van der Waals surface area contributed by atoms with Gasteiger partial charge in [0.05, 0.1) is 18.5 Å². The summed E-state index contributed by atoms with van der Waals surface area (Å²) in [6.45, 7) is 0.189. The number of nitrogens with zero attached hydrogens (tertiary/aromatic N) is 6. The zero-order chi connectivity index (χ0) is 20.4. The normalized spacial score (nSPS) is 11.4. The average molecular weight is 389 g/mol. The molecule has 3 heterocycles. The number of imidazole rings is 1. The number of pyridine rings is 1. The van der Waals surface area contributed by atoms with E-state index in [9.17, 15) is 9.59 Å². The number of hydrogen-bond donors (Lipinski definition) is 1. The lowest BCUT2D eigenvalue weighted by molar-refractivity contribution is 0.655.